The van der Waals surface area contributed by atoms with Gasteiger partial charge in [-0.2, -0.15) is 0 Å². The quantitative estimate of drug-likeness (QED) is 0.687. The van der Waals surface area contributed by atoms with Gasteiger partial charge in [-0.3, -0.25) is 0 Å². The second-order valence-electron chi connectivity index (χ2n) is 4.93. The molecule has 0 saturated heterocycles. The molecule has 1 nitrogen and oxygen atoms in total. The van der Waals surface area contributed by atoms with Crippen molar-refractivity contribution in [1.82, 2.24) is 0 Å². The maximum Gasteiger partial charge on any atom is 0.0908 e. The molecule has 1 rings (SSSR count). The van der Waals surface area contributed by atoms with Crippen molar-refractivity contribution >= 4 is 23.2 Å². The van der Waals surface area contributed by atoms with Crippen LogP contribution < -0.4 is 0 Å². The third-order valence-corrected chi connectivity index (χ3v) is 4.22. The van der Waals surface area contributed by atoms with E-state index < -0.39 is 5.60 Å². The van der Waals surface area contributed by atoms with Crippen LogP contribution in [-0.4, -0.2) is 5.11 Å². The zero-order valence-electron chi connectivity index (χ0n) is 11.4. The van der Waals surface area contributed by atoms with Crippen molar-refractivity contribution < 1.29 is 5.11 Å². The zero-order valence-corrected chi connectivity index (χ0v) is 12.9. The minimum atomic E-state index is -0.859. The molecule has 0 spiro atoms. The van der Waals surface area contributed by atoms with Crippen LogP contribution in [0.25, 0.3) is 0 Å². The highest BCUT2D eigenvalue weighted by Crippen LogP contribution is 2.38. The maximum absolute atomic E-state index is 10.8. The molecule has 0 aliphatic rings. The summed E-state index contributed by atoms with van der Waals surface area (Å²) >= 11 is 12.4. The Balaban J connectivity index is 3.07. The first-order chi connectivity index (χ1) is 8.44. The van der Waals surface area contributed by atoms with Crippen molar-refractivity contribution in [3.05, 3.63) is 33.3 Å². The van der Waals surface area contributed by atoms with Crippen LogP contribution >= 0.6 is 23.2 Å². The lowest BCUT2D eigenvalue weighted by molar-refractivity contribution is 0.0208. The average Bonchev–Trinajstić information content (AvgIpc) is 2.33. The molecule has 0 aliphatic heterocycles. The molecule has 18 heavy (non-hydrogen) atoms. The number of hydrogen-bond donors (Lipinski definition) is 1. The standard InChI is InChI=1S/C15H22Cl2O/c1-4-6-7-8-15(18,5-2)13-10-12(16)9-11(3)14(13)17/h9-10,18H,4-8H2,1-3H3. The number of benzene rings is 1. The molecule has 1 aromatic rings. The second kappa shape index (κ2) is 6.79. The van der Waals surface area contributed by atoms with Crippen molar-refractivity contribution in [3.63, 3.8) is 0 Å². The topological polar surface area (TPSA) is 20.2 Å². The first-order valence-corrected chi connectivity index (χ1v) is 7.38. The molecule has 0 amide bonds. The third kappa shape index (κ3) is 3.63. The van der Waals surface area contributed by atoms with Crippen molar-refractivity contribution in [3.8, 4) is 0 Å². The van der Waals surface area contributed by atoms with Crippen LogP contribution in [0.5, 0.6) is 0 Å². The fourth-order valence-corrected chi connectivity index (χ4v) is 2.79. The van der Waals surface area contributed by atoms with E-state index in [-0.39, 0.29) is 0 Å². The Bertz CT molecular complexity index is 404. The molecule has 0 saturated carbocycles. The van der Waals surface area contributed by atoms with Gasteiger partial charge in [0.1, 0.15) is 0 Å². The van der Waals surface area contributed by atoms with Crippen LogP contribution in [0.4, 0.5) is 0 Å². The summed E-state index contributed by atoms with van der Waals surface area (Å²) in [6.45, 7) is 6.06. The van der Waals surface area contributed by atoms with E-state index in [0.717, 1.165) is 36.8 Å². The predicted octanol–water partition coefficient (Wildman–Crippen LogP) is 5.48. The molecule has 0 fully saturated rings. The number of unbranched alkanes of at least 4 members (excludes halogenated alkanes) is 2. The van der Waals surface area contributed by atoms with Crippen molar-refractivity contribution in [2.24, 2.45) is 0 Å². The Labute approximate surface area is 120 Å². The second-order valence-corrected chi connectivity index (χ2v) is 5.74. The van der Waals surface area contributed by atoms with E-state index in [0.29, 0.717) is 16.5 Å². The summed E-state index contributed by atoms with van der Waals surface area (Å²) in [7, 11) is 0. The van der Waals surface area contributed by atoms with Crippen LogP contribution in [-0.2, 0) is 5.60 Å². The lowest BCUT2D eigenvalue weighted by Gasteiger charge is -2.29. The Morgan fingerprint density at radius 1 is 1.17 bits per heavy atom. The van der Waals surface area contributed by atoms with E-state index in [1.54, 1.807) is 6.07 Å². The van der Waals surface area contributed by atoms with Crippen LogP contribution in [0.3, 0.4) is 0 Å². The summed E-state index contributed by atoms with van der Waals surface area (Å²) < 4.78 is 0. The maximum atomic E-state index is 10.8. The molecule has 102 valence electrons. The molecule has 1 N–H and O–H groups in total. The molecule has 0 aliphatic carbocycles. The number of hydrogen-bond acceptors (Lipinski definition) is 1. The van der Waals surface area contributed by atoms with Gasteiger partial charge in [-0.1, -0.05) is 56.3 Å². The summed E-state index contributed by atoms with van der Waals surface area (Å²) in [5, 5.41) is 12.1. The van der Waals surface area contributed by atoms with Crippen molar-refractivity contribution in [1.29, 1.82) is 0 Å². The highest BCUT2D eigenvalue weighted by atomic mass is 35.5. The Kier molecular flexibility index (Phi) is 5.97. The van der Waals surface area contributed by atoms with E-state index in [4.69, 9.17) is 23.2 Å². The van der Waals surface area contributed by atoms with E-state index in [9.17, 15) is 5.11 Å². The summed E-state index contributed by atoms with van der Waals surface area (Å²) in [6.07, 6.45) is 4.65. The molecule has 0 aromatic heterocycles. The van der Waals surface area contributed by atoms with Gasteiger partial charge in [-0.25, -0.2) is 0 Å². The molecule has 0 bridgehead atoms. The molecule has 1 atom stereocenters. The summed E-state index contributed by atoms with van der Waals surface area (Å²) in [4.78, 5) is 0. The highest BCUT2D eigenvalue weighted by Gasteiger charge is 2.29. The molecule has 3 heteroatoms. The molecular formula is C15H22Cl2O. The summed E-state index contributed by atoms with van der Waals surface area (Å²) in [5.74, 6) is 0. The van der Waals surface area contributed by atoms with Gasteiger partial charge in [0.2, 0.25) is 0 Å². The van der Waals surface area contributed by atoms with Crippen LogP contribution in [0, 0.1) is 6.92 Å². The van der Waals surface area contributed by atoms with Gasteiger partial charge in [0.05, 0.1) is 5.60 Å². The lowest BCUT2D eigenvalue weighted by atomic mass is 9.85. The smallest absolute Gasteiger partial charge is 0.0908 e. The van der Waals surface area contributed by atoms with E-state index in [1.165, 1.54) is 0 Å². The monoisotopic (exact) mass is 288 g/mol. The van der Waals surface area contributed by atoms with Gasteiger partial charge >= 0.3 is 0 Å². The first-order valence-electron chi connectivity index (χ1n) is 6.63. The Morgan fingerprint density at radius 3 is 2.39 bits per heavy atom. The third-order valence-electron chi connectivity index (χ3n) is 3.50. The summed E-state index contributed by atoms with van der Waals surface area (Å²) in [5.41, 5.74) is 0.830. The van der Waals surface area contributed by atoms with Crippen LogP contribution in [0.1, 0.15) is 57.1 Å². The minimum absolute atomic E-state index is 0.634. The molecule has 1 unspecified atom stereocenters. The van der Waals surface area contributed by atoms with Gasteiger partial charge in [0.15, 0.2) is 0 Å². The predicted molar refractivity (Wildman–Crippen MR) is 79.5 cm³/mol. The van der Waals surface area contributed by atoms with Crippen LogP contribution in [0.2, 0.25) is 10.0 Å². The highest BCUT2D eigenvalue weighted by molar-refractivity contribution is 6.34. The lowest BCUT2D eigenvalue weighted by Crippen LogP contribution is -2.25. The number of aliphatic hydroxyl groups is 1. The fraction of sp³-hybridized carbons (Fsp3) is 0.600. The van der Waals surface area contributed by atoms with Gasteiger partial charge in [-0.15, -0.1) is 0 Å². The number of rotatable bonds is 6. The minimum Gasteiger partial charge on any atom is -0.385 e. The molecule has 0 heterocycles. The largest absolute Gasteiger partial charge is 0.385 e. The summed E-state index contributed by atoms with van der Waals surface area (Å²) in [6, 6.07) is 3.63. The average molecular weight is 289 g/mol. The Hall–Kier alpha value is -0.240. The first kappa shape index (κ1) is 15.8. The van der Waals surface area contributed by atoms with Crippen molar-refractivity contribution in [2.45, 2.75) is 58.5 Å². The number of aryl methyl sites for hydroxylation is 1. The van der Waals surface area contributed by atoms with E-state index in [2.05, 4.69) is 6.92 Å². The fourth-order valence-electron chi connectivity index (χ4n) is 2.23. The van der Waals surface area contributed by atoms with E-state index in [1.807, 2.05) is 19.9 Å². The normalized spacial score (nSPS) is 14.6. The van der Waals surface area contributed by atoms with Gasteiger partial charge in [0.25, 0.3) is 0 Å². The van der Waals surface area contributed by atoms with Gasteiger partial charge < -0.3 is 5.11 Å². The van der Waals surface area contributed by atoms with Gasteiger partial charge in [0, 0.05) is 15.6 Å². The zero-order chi connectivity index (χ0) is 13.8. The van der Waals surface area contributed by atoms with Crippen LogP contribution in [0.15, 0.2) is 12.1 Å². The molecular weight excluding hydrogens is 267 g/mol. The number of halogens is 2. The molecule has 0 radical (unpaired) electrons. The van der Waals surface area contributed by atoms with Crippen molar-refractivity contribution in [2.75, 3.05) is 0 Å². The van der Waals surface area contributed by atoms with Gasteiger partial charge in [-0.05, 0) is 37.5 Å². The molecule has 1 aromatic carbocycles. The Morgan fingerprint density at radius 2 is 1.83 bits per heavy atom. The van der Waals surface area contributed by atoms with E-state index >= 15 is 0 Å². The SMILES string of the molecule is CCCCCC(O)(CC)c1cc(Cl)cc(C)c1Cl.